The molecule has 2 aromatic rings. The third kappa shape index (κ3) is 4.98. The van der Waals surface area contributed by atoms with E-state index in [4.69, 9.17) is 28.6 Å². The van der Waals surface area contributed by atoms with Crippen LogP contribution in [0.1, 0.15) is 5.56 Å². The number of hydrogen-bond donors (Lipinski definition) is 2. The zero-order chi connectivity index (χ0) is 15.9. The monoisotopic (exact) mass is 335 g/mol. The van der Waals surface area contributed by atoms with E-state index in [0.29, 0.717) is 16.6 Å². The van der Waals surface area contributed by atoms with Crippen molar-refractivity contribution in [2.45, 2.75) is 6.92 Å². The Labute approximate surface area is 138 Å². The molecule has 1 aromatic carbocycles. The molecule has 0 radical (unpaired) electrons. The van der Waals surface area contributed by atoms with Crippen LogP contribution in [0, 0.1) is 6.92 Å². The van der Waals surface area contributed by atoms with Crippen molar-refractivity contribution in [3.05, 3.63) is 53.2 Å². The molecule has 2 rings (SSSR count). The van der Waals surface area contributed by atoms with E-state index >= 15 is 0 Å². The van der Waals surface area contributed by atoms with Gasteiger partial charge in [-0.3, -0.25) is 10.1 Å². The highest BCUT2D eigenvalue weighted by Gasteiger charge is 2.07. The number of amides is 1. The molecule has 22 heavy (non-hydrogen) atoms. The van der Waals surface area contributed by atoms with Crippen LogP contribution in [-0.4, -0.2) is 22.6 Å². The van der Waals surface area contributed by atoms with Crippen LogP contribution in [0.25, 0.3) is 0 Å². The molecule has 2 N–H and O–H groups in total. The van der Waals surface area contributed by atoms with Gasteiger partial charge in [0.15, 0.2) is 11.7 Å². The highest BCUT2D eigenvalue weighted by molar-refractivity contribution is 7.80. The Morgan fingerprint density at radius 2 is 2.18 bits per heavy atom. The van der Waals surface area contributed by atoms with E-state index < -0.39 is 0 Å². The molecule has 0 aliphatic heterocycles. The van der Waals surface area contributed by atoms with Gasteiger partial charge in [-0.25, -0.2) is 4.98 Å². The molecule has 114 valence electrons. The van der Waals surface area contributed by atoms with Crippen molar-refractivity contribution < 1.29 is 9.53 Å². The fourth-order valence-electron chi connectivity index (χ4n) is 1.67. The molecule has 0 saturated carbocycles. The highest BCUT2D eigenvalue weighted by atomic mass is 35.5. The van der Waals surface area contributed by atoms with Gasteiger partial charge < -0.3 is 10.1 Å². The summed E-state index contributed by atoms with van der Waals surface area (Å²) < 4.78 is 5.43. The summed E-state index contributed by atoms with van der Waals surface area (Å²) in [6.45, 7) is 1.71. The SMILES string of the molecule is Cc1cc(Cl)ccc1OCC(=O)NC(=S)Nc1ccccn1. The number of hydrogen-bond acceptors (Lipinski definition) is 4. The maximum absolute atomic E-state index is 11.8. The minimum absolute atomic E-state index is 0.146. The molecule has 0 aliphatic rings. The fraction of sp³-hybridized carbons (Fsp3) is 0.133. The van der Waals surface area contributed by atoms with Crippen LogP contribution in [0.5, 0.6) is 5.75 Å². The third-order valence-electron chi connectivity index (χ3n) is 2.66. The Morgan fingerprint density at radius 3 is 2.86 bits per heavy atom. The average molecular weight is 336 g/mol. The Balaban J connectivity index is 1.81. The van der Waals surface area contributed by atoms with E-state index in [1.54, 1.807) is 36.5 Å². The molecular weight excluding hydrogens is 322 g/mol. The highest BCUT2D eigenvalue weighted by Crippen LogP contribution is 2.21. The molecule has 0 unspecified atom stereocenters. The molecule has 0 fully saturated rings. The Hall–Kier alpha value is -2.18. The van der Waals surface area contributed by atoms with Crippen molar-refractivity contribution in [3.63, 3.8) is 0 Å². The summed E-state index contributed by atoms with van der Waals surface area (Å²) in [4.78, 5) is 15.8. The molecular formula is C15H14ClN3O2S. The van der Waals surface area contributed by atoms with Gasteiger partial charge in [0.25, 0.3) is 5.91 Å². The van der Waals surface area contributed by atoms with E-state index in [9.17, 15) is 4.79 Å². The van der Waals surface area contributed by atoms with Gasteiger partial charge in [-0.1, -0.05) is 17.7 Å². The summed E-state index contributed by atoms with van der Waals surface area (Å²) in [5.74, 6) is 0.799. The van der Waals surface area contributed by atoms with E-state index in [1.807, 2.05) is 13.0 Å². The van der Waals surface area contributed by atoms with Crippen LogP contribution in [0.2, 0.25) is 5.02 Å². The minimum Gasteiger partial charge on any atom is -0.483 e. The number of carbonyl (C=O) groups excluding carboxylic acids is 1. The number of rotatable bonds is 4. The zero-order valence-corrected chi connectivity index (χ0v) is 13.4. The predicted molar refractivity (Wildman–Crippen MR) is 90.3 cm³/mol. The molecule has 7 heteroatoms. The van der Waals surface area contributed by atoms with Crippen molar-refractivity contribution in [3.8, 4) is 5.75 Å². The van der Waals surface area contributed by atoms with E-state index in [-0.39, 0.29) is 17.6 Å². The molecule has 0 atom stereocenters. The number of halogens is 1. The van der Waals surface area contributed by atoms with E-state index in [1.165, 1.54) is 0 Å². The lowest BCUT2D eigenvalue weighted by atomic mass is 10.2. The predicted octanol–water partition coefficient (Wildman–Crippen LogP) is 2.94. The number of pyridine rings is 1. The molecule has 1 heterocycles. The molecule has 0 bridgehead atoms. The summed E-state index contributed by atoms with van der Waals surface area (Å²) in [5, 5.41) is 6.11. The standard InChI is InChI=1S/C15H14ClN3O2S/c1-10-8-11(16)5-6-12(10)21-9-14(20)19-15(22)18-13-4-2-3-7-17-13/h2-8H,9H2,1H3,(H2,17,18,19,20,22). The average Bonchev–Trinajstić information content (AvgIpc) is 2.47. The summed E-state index contributed by atoms with van der Waals surface area (Å²) in [5.41, 5.74) is 0.856. The normalized spacial score (nSPS) is 9.91. The summed E-state index contributed by atoms with van der Waals surface area (Å²) >= 11 is 10.9. The van der Waals surface area contributed by atoms with Gasteiger partial charge in [0.05, 0.1) is 0 Å². The zero-order valence-electron chi connectivity index (χ0n) is 11.8. The number of anilines is 1. The van der Waals surface area contributed by atoms with E-state index in [0.717, 1.165) is 5.56 Å². The van der Waals surface area contributed by atoms with Crippen LogP contribution in [0.4, 0.5) is 5.82 Å². The van der Waals surface area contributed by atoms with Crippen LogP contribution in [0.3, 0.4) is 0 Å². The third-order valence-corrected chi connectivity index (χ3v) is 3.09. The summed E-state index contributed by atoms with van der Waals surface area (Å²) in [6, 6.07) is 10.5. The largest absolute Gasteiger partial charge is 0.483 e. The lowest BCUT2D eigenvalue weighted by Crippen LogP contribution is -2.37. The molecule has 5 nitrogen and oxygen atoms in total. The number of aromatic nitrogens is 1. The van der Waals surface area contributed by atoms with Gasteiger partial charge in [-0.15, -0.1) is 0 Å². The molecule has 0 saturated heterocycles. The van der Waals surface area contributed by atoms with Gasteiger partial charge >= 0.3 is 0 Å². The van der Waals surface area contributed by atoms with Crippen LogP contribution < -0.4 is 15.4 Å². The first kappa shape index (κ1) is 16.2. The van der Waals surface area contributed by atoms with Gasteiger partial charge in [0.1, 0.15) is 11.6 Å². The maximum Gasteiger partial charge on any atom is 0.264 e. The van der Waals surface area contributed by atoms with E-state index in [2.05, 4.69) is 15.6 Å². The smallest absolute Gasteiger partial charge is 0.264 e. The first-order valence-corrected chi connectivity index (χ1v) is 7.24. The second kappa shape index (κ2) is 7.72. The lowest BCUT2D eigenvalue weighted by molar-refractivity contribution is -0.121. The Morgan fingerprint density at radius 1 is 1.36 bits per heavy atom. The first-order valence-electron chi connectivity index (χ1n) is 6.45. The summed E-state index contributed by atoms with van der Waals surface area (Å²) in [7, 11) is 0. The maximum atomic E-state index is 11.8. The lowest BCUT2D eigenvalue weighted by Gasteiger charge is -2.11. The van der Waals surface area contributed by atoms with Crippen LogP contribution >= 0.6 is 23.8 Å². The molecule has 0 aliphatic carbocycles. The number of carbonyl (C=O) groups is 1. The van der Waals surface area contributed by atoms with Crippen molar-refractivity contribution >= 4 is 40.7 Å². The number of aryl methyl sites for hydroxylation is 1. The first-order chi connectivity index (χ1) is 10.5. The van der Waals surface area contributed by atoms with Crippen LogP contribution in [0.15, 0.2) is 42.6 Å². The van der Waals surface area contributed by atoms with Crippen molar-refractivity contribution in [2.24, 2.45) is 0 Å². The second-order valence-corrected chi connectivity index (χ2v) is 5.26. The number of nitrogens with zero attached hydrogens (tertiary/aromatic N) is 1. The molecule has 1 amide bonds. The molecule has 0 spiro atoms. The Kier molecular flexibility index (Phi) is 5.68. The number of thiocarbonyl (C=S) groups is 1. The van der Waals surface area contributed by atoms with Crippen molar-refractivity contribution in [1.29, 1.82) is 0 Å². The number of benzene rings is 1. The quantitative estimate of drug-likeness (QED) is 0.841. The van der Waals surface area contributed by atoms with Gasteiger partial charge in [-0.2, -0.15) is 0 Å². The summed E-state index contributed by atoms with van der Waals surface area (Å²) in [6.07, 6.45) is 1.62. The minimum atomic E-state index is -0.359. The second-order valence-electron chi connectivity index (χ2n) is 4.42. The fourth-order valence-corrected chi connectivity index (χ4v) is 2.11. The van der Waals surface area contributed by atoms with Crippen molar-refractivity contribution in [1.82, 2.24) is 10.3 Å². The van der Waals surface area contributed by atoms with Gasteiger partial charge in [0, 0.05) is 11.2 Å². The topological polar surface area (TPSA) is 63.2 Å². The van der Waals surface area contributed by atoms with Gasteiger partial charge in [-0.05, 0) is 55.0 Å². The van der Waals surface area contributed by atoms with Crippen LogP contribution in [-0.2, 0) is 4.79 Å². The van der Waals surface area contributed by atoms with Crippen molar-refractivity contribution in [2.75, 3.05) is 11.9 Å². The Bertz CT molecular complexity index is 680. The number of ether oxygens (including phenoxy) is 1. The number of nitrogens with one attached hydrogen (secondary N) is 2. The molecule has 1 aromatic heterocycles. The van der Waals surface area contributed by atoms with Gasteiger partial charge in [0.2, 0.25) is 0 Å².